The summed E-state index contributed by atoms with van der Waals surface area (Å²) in [4.78, 5) is 26.2. The highest BCUT2D eigenvalue weighted by atomic mass is 32.1. The lowest BCUT2D eigenvalue weighted by molar-refractivity contribution is -0.154. The first-order valence-electron chi connectivity index (χ1n) is 7.04. The first kappa shape index (κ1) is 15.5. The number of amides is 2. The standard InChI is InChI=1S/C15H19N3O2S/c1-4-5-12(19)18-7-6-15(18,3)14(20)17-13-11(8-16)10(2)9-21-13/h9H,4-7H2,1-3H3,(H,17,20). The maximum atomic E-state index is 12.5. The number of nitrogens with one attached hydrogen (secondary N) is 1. The highest BCUT2D eigenvalue weighted by Gasteiger charge is 2.49. The summed E-state index contributed by atoms with van der Waals surface area (Å²) in [5.41, 5.74) is 0.565. The Kier molecular flexibility index (Phi) is 4.33. The van der Waals surface area contributed by atoms with Gasteiger partial charge in [0.25, 0.3) is 5.91 Å². The number of carbonyl (C=O) groups excluding carboxylic acids is 2. The average Bonchev–Trinajstić information content (AvgIpc) is 2.77. The number of anilines is 1. The van der Waals surface area contributed by atoms with Gasteiger partial charge in [0, 0.05) is 13.0 Å². The fraction of sp³-hybridized carbons (Fsp3) is 0.533. The molecule has 5 nitrogen and oxygen atoms in total. The third-order valence-electron chi connectivity index (χ3n) is 3.99. The fourth-order valence-electron chi connectivity index (χ4n) is 2.46. The van der Waals surface area contributed by atoms with E-state index in [-0.39, 0.29) is 11.8 Å². The Balaban J connectivity index is 2.13. The second kappa shape index (κ2) is 5.86. The summed E-state index contributed by atoms with van der Waals surface area (Å²) in [6, 6.07) is 2.11. The summed E-state index contributed by atoms with van der Waals surface area (Å²) in [6.45, 7) is 6.19. The van der Waals surface area contributed by atoms with Gasteiger partial charge in [0.1, 0.15) is 16.6 Å². The monoisotopic (exact) mass is 305 g/mol. The molecule has 2 heterocycles. The molecule has 1 unspecified atom stereocenters. The molecule has 0 saturated carbocycles. The molecule has 21 heavy (non-hydrogen) atoms. The predicted molar refractivity (Wildman–Crippen MR) is 82.0 cm³/mol. The van der Waals surface area contributed by atoms with Crippen molar-refractivity contribution in [1.82, 2.24) is 4.90 Å². The second-order valence-corrected chi connectivity index (χ2v) is 6.39. The Hall–Kier alpha value is -1.87. The Labute approximate surface area is 128 Å². The Bertz CT molecular complexity index is 617. The smallest absolute Gasteiger partial charge is 0.250 e. The van der Waals surface area contributed by atoms with Crippen LogP contribution in [0.5, 0.6) is 0 Å². The van der Waals surface area contributed by atoms with E-state index < -0.39 is 5.54 Å². The van der Waals surface area contributed by atoms with Crippen LogP contribution in [0.1, 0.15) is 44.2 Å². The van der Waals surface area contributed by atoms with Crippen molar-refractivity contribution in [2.45, 2.75) is 45.6 Å². The molecule has 6 heteroatoms. The van der Waals surface area contributed by atoms with Crippen LogP contribution in [0.2, 0.25) is 0 Å². The van der Waals surface area contributed by atoms with E-state index in [1.807, 2.05) is 19.2 Å². The number of hydrogen-bond donors (Lipinski definition) is 1. The summed E-state index contributed by atoms with van der Waals surface area (Å²) in [5, 5.41) is 14.4. The van der Waals surface area contributed by atoms with Crippen LogP contribution in [0.15, 0.2) is 5.38 Å². The third kappa shape index (κ3) is 2.66. The van der Waals surface area contributed by atoms with Gasteiger partial charge in [0.15, 0.2) is 0 Å². The summed E-state index contributed by atoms with van der Waals surface area (Å²) in [6.07, 6.45) is 1.89. The van der Waals surface area contributed by atoms with Crippen LogP contribution in [0.4, 0.5) is 5.00 Å². The minimum Gasteiger partial charge on any atom is -0.328 e. The first-order valence-corrected chi connectivity index (χ1v) is 7.92. The van der Waals surface area contributed by atoms with Crippen molar-refractivity contribution in [3.63, 3.8) is 0 Å². The lowest BCUT2D eigenvalue weighted by Gasteiger charge is -2.49. The number of rotatable bonds is 4. The van der Waals surface area contributed by atoms with E-state index in [1.165, 1.54) is 11.3 Å². The molecule has 1 atom stereocenters. The minimum absolute atomic E-state index is 0.0178. The number of thiophene rings is 1. The van der Waals surface area contributed by atoms with Crippen LogP contribution in [-0.2, 0) is 9.59 Å². The van der Waals surface area contributed by atoms with E-state index in [0.717, 1.165) is 12.0 Å². The number of nitrogens with zero attached hydrogens (tertiary/aromatic N) is 2. The molecule has 2 rings (SSSR count). The van der Waals surface area contributed by atoms with Crippen LogP contribution in [0.25, 0.3) is 0 Å². The van der Waals surface area contributed by atoms with E-state index in [4.69, 9.17) is 5.26 Å². The average molecular weight is 305 g/mol. The molecule has 1 saturated heterocycles. The van der Waals surface area contributed by atoms with E-state index in [0.29, 0.717) is 30.0 Å². The van der Waals surface area contributed by atoms with Crippen LogP contribution >= 0.6 is 11.3 Å². The van der Waals surface area contributed by atoms with Crippen molar-refractivity contribution in [3.05, 3.63) is 16.5 Å². The van der Waals surface area contributed by atoms with Gasteiger partial charge in [0.2, 0.25) is 5.91 Å². The number of carbonyl (C=O) groups is 2. The topological polar surface area (TPSA) is 73.2 Å². The number of nitriles is 1. The Morgan fingerprint density at radius 2 is 2.29 bits per heavy atom. The van der Waals surface area contributed by atoms with E-state index in [9.17, 15) is 9.59 Å². The SMILES string of the molecule is CCCC(=O)N1CCC1(C)C(=O)Nc1scc(C)c1C#N. The number of likely N-dealkylation sites (tertiary alicyclic amines) is 1. The van der Waals surface area contributed by atoms with Crippen molar-refractivity contribution in [2.75, 3.05) is 11.9 Å². The maximum Gasteiger partial charge on any atom is 0.250 e. The zero-order valence-corrected chi connectivity index (χ0v) is 13.3. The van der Waals surface area contributed by atoms with Crippen molar-refractivity contribution < 1.29 is 9.59 Å². The molecular weight excluding hydrogens is 286 g/mol. The molecule has 0 aliphatic carbocycles. The zero-order valence-electron chi connectivity index (χ0n) is 12.5. The zero-order chi connectivity index (χ0) is 15.6. The molecule has 112 valence electrons. The van der Waals surface area contributed by atoms with Gasteiger partial charge in [-0.3, -0.25) is 9.59 Å². The molecule has 1 aromatic rings. The lowest BCUT2D eigenvalue weighted by Crippen LogP contribution is -2.66. The fourth-order valence-corrected chi connectivity index (χ4v) is 3.35. The molecule has 1 aliphatic heterocycles. The summed E-state index contributed by atoms with van der Waals surface area (Å²) in [7, 11) is 0. The molecule has 1 fully saturated rings. The van der Waals surface area contributed by atoms with Crippen molar-refractivity contribution in [1.29, 1.82) is 5.26 Å². The molecule has 1 aliphatic rings. The summed E-state index contributed by atoms with van der Waals surface area (Å²) in [5.74, 6) is -0.194. The van der Waals surface area contributed by atoms with E-state index in [2.05, 4.69) is 11.4 Å². The van der Waals surface area contributed by atoms with Crippen LogP contribution < -0.4 is 5.32 Å². The van der Waals surface area contributed by atoms with Gasteiger partial charge in [-0.1, -0.05) is 6.92 Å². The van der Waals surface area contributed by atoms with Crippen LogP contribution in [0.3, 0.4) is 0 Å². The molecule has 0 bridgehead atoms. The molecule has 0 spiro atoms. The maximum absolute atomic E-state index is 12.5. The second-order valence-electron chi connectivity index (χ2n) is 5.51. The van der Waals surface area contributed by atoms with Gasteiger partial charge < -0.3 is 10.2 Å². The summed E-state index contributed by atoms with van der Waals surface area (Å²) < 4.78 is 0. The molecule has 2 amide bonds. The molecule has 0 radical (unpaired) electrons. The van der Waals surface area contributed by atoms with E-state index >= 15 is 0 Å². The van der Waals surface area contributed by atoms with E-state index in [1.54, 1.807) is 11.8 Å². The highest BCUT2D eigenvalue weighted by Crippen LogP contribution is 2.34. The summed E-state index contributed by atoms with van der Waals surface area (Å²) >= 11 is 1.34. The van der Waals surface area contributed by atoms with Crippen LogP contribution in [0, 0.1) is 18.3 Å². The largest absolute Gasteiger partial charge is 0.328 e. The lowest BCUT2D eigenvalue weighted by atomic mass is 9.85. The Morgan fingerprint density at radius 1 is 1.57 bits per heavy atom. The van der Waals surface area contributed by atoms with Crippen molar-refractivity contribution in [3.8, 4) is 6.07 Å². The predicted octanol–water partition coefficient (Wildman–Crippen LogP) is 2.66. The minimum atomic E-state index is -0.795. The quantitative estimate of drug-likeness (QED) is 0.929. The van der Waals surface area contributed by atoms with Gasteiger partial charge in [-0.05, 0) is 37.6 Å². The molecule has 0 aromatic carbocycles. The van der Waals surface area contributed by atoms with Gasteiger partial charge in [0.05, 0.1) is 5.56 Å². The third-order valence-corrected chi connectivity index (χ3v) is 5.00. The van der Waals surface area contributed by atoms with Gasteiger partial charge in [-0.15, -0.1) is 11.3 Å². The van der Waals surface area contributed by atoms with Gasteiger partial charge in [-0.25, -0.2) is 0 Å². The number of hydrogen-bond acceptors (Lipinski definition) is 4. The number of aryl methyl sites for hydroxylation is 1. The first-order chi connectivity index (χ1) is 9.93. The Morgan fingerprint density at radius 3 is 2.81 bits per heavy atom. The van der Waals surface area contributed by atoms with Crippen molar-refractivity contribution in [2.24, 2.45) is 0 Å². The molecule has 1 N–H and O–H groups in total. The normalized spacial score (nSPS) is 20.6. The van der Waals surface area contributed by atoms with Crippen molar-refractivity contribution >= 4 is 28.2 Å². The molecule has 1 aromatic heterocycles. The van der Waals surface area contributed by atoms with Crippen LogP contribution in [-0.4, -0.2) is 28.8 Å². The molecular formula is C15H19N3O2S. The highest BCUT2D eigenvalue weighted by molar-refractivity contribution is 7.14. The van der Waals surface area contributed by atoms with Gasteiger partial charge >= 0.3 is 0 Å². The van der Waals surface area contributed by atoms with Gasteiger partial charge in [-0.2, -0.15) is 5.26 Å².